The van der Waals surface area contributed by atoms with Crippen LogP contribution in [-0.4, -0.2) is 20.1 Å². The first-order valence-electron chi connectivity index (χ1n) is 9.12. The lowest BCUT2D eigenvalue weighted by atomic mass is 10.1. The van der Waals surface area contributed by atoms with Gasteiger partial charge in [-0.3, -0.25) is 14.3 Å². The van der Waals surface area contributed by atoms with Crippen LogP contribution in [0.3, 0.4) is 0 Å². The highest BCUT2D eigenvalue weighted by Crippen LogP contribution is 2.26. The molecule has 0 heterocycles. The van der Waals surface area contributed by atoms with E-state index in [2.05, 4.69) is 10.0 Å². The topological polar surface area (TPSA) is 92.3 Å². The first kappa shape index (κ1) is 22.8. The molecule has 0 saturated carbocycles. The van der Waals surface area contributed by atoms with Crippen molar-refractivity contribution >= 4 is 56.3 Å². The van der Waals surface area contributed by atoms with Crippen molar-refractivity contribution < 1.29 is 18.0 Å². The van der Waals surface area contributed by atoms with Crippen LogP contribution in [0, 0.1) is 0 Å². The van der Waals surface area contributed by atoms with E-state index in [-0.39, 0.29) is 33.1 Å². The van der Waals surface area contributed by atoms with Gasteiger partial charge < -0.3 is 5.32 Å². The van der Waals surface area contributed by atoms with Gasteiger partial charge in [-0.15, -0.1) is 0 Å². The normalized spacial score (nSPS) is 11.1. The molecule has 0 unspecified atom stereocenters. The monoisotopic (exact) mass is 476 g/mol. The maximum Gasteiger partial charge on any atom is 0.261 e. The summed E-state index contributed by atoms with van der Waals surface area (Å²) in [6.07, 6.45) is 0.105. The predicted octanol–water partition coefficient (Wildman–Crippen LogP) is 5.18. The molecular formula is C22H18Cl2N2O4S. The highest BCUT2D eigenvalue weighted by molar-refractivity contribution is 7.92. The number of halogens is 2. The van der Waals surface area contributed by atoms with Crippen molar-refractivity contribution in [2.24, 2.45) is 0 Å². The standard InChI is InChI=1S/C22H18Cl2N2O4S/c1-14(27)16-4-8-17(9-5-16)25-22(28)12-15-2-6-18(7-3-15)26-31(29,30)19-10-11-20(23)21(24)13-19/h2-11,13,26H,12H2,1H3,(H,25,28). The number of amides is 1. The molecule has 0 bridgehead atoms. The summed E-state index contributed by atoms with van der Waals surface area (Å²) in [5.41, 5.74) is 2.20. The van der Waals surface area contributed by atoms with E-state index in [0.29, 0.717) is 22.5 Å². The van der Waals surface area contributed by atoms with Gasteiger partial charge in [0.25, 0.3) is 10.0 Å². The number of hydrogen-bond acceptors (Lipinski definition) is 4. The molecule has 2 N–H and O–H groups in total. The van der Waals surface area contributed by atoms with Crippen molar-refractivity contribution in [1.82, 2.24) is 0 Å². The average molecular weight is 477 g/mol. The number of carbonyl (C=O) groups is 2. The molecule has 3 aromatic rings. The Labute approximate surface area is 190 Å². The molecule has 0 fully saturated rings. The van der Waals surface area contributed by atoms with Crippen molar-refractivity contribution in [3.63, 3.8) is 0 Å². The molecule has 1 amide bonds. The largest absolute Gasteiger partial charge is 0.326 e. The predicted molar refractivity (Wildman–Crippen MR) is 122 cm³/mol. The summed E-state index contributed by atoms with van der Waals surface area (Å²) < 4.78 is 27.5. The van der Waals surface area contributed by atoms with Gasteiger partial charge in [0, 0.05) is 16.9 Å². The molecule has 6 nitrogen and oxygen atoms in total. The lowest BCUT2D eigenvalue weighted by molar-refractivity contribution is -0.115. The van der Waals surface area contributed by atoms with Crippen LogP contribution in [0.2, 0.25) is 10.0 Å². The van der Waals surface area contributed by atoms with Gasteiger partial charge in [-0.05, 0) is 67.1 Å². The zero-order valence-electron chi connectivity index (χ0n) is 16.4. The highest BCUT2D eigenvalue weighted by atomic mass is 35.5. The number of nitrogens with one attached hydrogen (secondary N) is 2. The molecule has 0 aliphatic carbocycles. The van der Waals surface area contributed by atoms with Gasteiger partial charge in [-0.1, -0.05) is 35.3 Å². The maximum atomic E-state index is 12.5. The second-order valence-corrected chi connectivity index (χ2v) is 9.23. The molecule has 9 heteroatoms. The lowest BCUT2D eigenvalue weighted by Gasteiger charge is -2.10. The number of rotatable bonds is 7. The Morgan fingerprint density at radius 1 is 0.839 bits per heavy atom. The number of anilines is 2. The fraction of sp³-hybridized carbons (Fsp3) is 0.0909. The zero-order valence-corrected chi connectivity index (χ0v) is 18.7. The molecule has 3 aromatic carbocycles. The third kappa shape index (κ3) is 6.07. The van der Waals surface area contributed by atoms with Crippen LogP contribution < -0.4 is 10.0 Å². The summed E-state index contributed by atoms with van der Waals surface area (Å²) in [5, 5.41) is 3.16. The minimum absolute atomic E-state index is 0.0128. The molecule has 0 saturated heterocycles. The van der Waals surface area contributed by atoms with Gasteiger partial charge in [0.05, 0.1) is 21.4 Å². The van der Waals surface area contributed by atoms with Gasteiger partial charge in [0.2, 0.25) is 5.91 Å². The van der Waals surface area contributed by atoms with E-state index in [9.17, 15) is 18.0 Å². The van der Waals surface area contributed by atoms with Crippen molar-refractivity contribution in [1.29, 1.82) is 0 Å². The fourth-order valence-corrected chi connectivity index (χ4v) is 4.17. The summed E-state index contributed by atoms with van der Waals surface area (Å²) in [4.78, 5) is 23.5. The molecule has 0 aromatic heterocycles. The number of ketones is 1. The van der Waals surface area contributed by atoms with Crippen LogP contribution in [0.5, 0.6) is 0 Å². The SMILES string of the molecule is CC(=O)c1ccc(NC(=O)Cc2ccc(NS(=O)(=O)c3ccc(Cl)c(Cl)c3)cc2)cc1. The zero-order chi connectivity index (χ0) is 22.6. The Morgan fingerprint density at radius 2 is 1.45 bits per heavy atom. The van der Waals surface area contributed by atoms with Gasteiger partial charge in [0.1, 0.15) is 0 Å². The molecule has 31 heavy (non-hydrogen) atoms. The van der Waals surface area contributed by atoms with Crippen LogP contribution >= 0.6 is 23.2 Å². The second-order valence-electron chi connectivity index (χ2n) is 6.74. The number of sulfonamides is 1. The number of benzene rings is 3. The Balaban J connectivity index is 1.62. The van der Waals surface area contributed by atoms with Gasteiger partial charge >= 0.3 is 0 Å². The molecule has 0 spiro atoms. The summed E-state index contributed by atoms with van der Waals surface area (Å²) in [5.74, 6) is -0.285. The van der Waals surface area contributed by atoms with E-state index in [1.54, 1.807) is 48.5 Å². The fourth-order valence-electron chi connectivity index (χ4n) is 2.73. The highest BCUT2D eigenvalue weighted by Gasteiger charge is 2.16. The number of carbonyl (C=O) groups excluding carboxylic acids is 2. The molecule has 0 aliphatic rings. The molecule has 3 rings (SSSR count). The molecule has 0 aliphatic heterocycles. The second kappa shape index (κ2) is 9.51. The third-order valence-corrected chi connectivity index (χ3v) is 6.47. The molecular weight excluding hydrogens is 459 g/mol. The van der Waals surface area contributed by atoms with Gasteiger partial charge in [-0.2, -0.15) is 0 Å². The molecule has 0 radical (unpaired) electrons. The Bertz CT molecular complexity index is 1230. The molecule has 160 valence electrons. The Hall–Kier alpha value is -2.87. The summed E-state index contributed by atoms with van der Waals surface area (Å²) in [6.45, 7) is 1.47. The van der Waals surface area contributed by atoms with E-state index in [4.69, 9.17) is 23.2 Å². The number of hydrogen-bond donors (Lipinski definition) is 2. The minimum atomic E-state index is -3.84. The van der Waals surface area contributed by atoms with Crippen LogP contribution in [0.15, 0.2) is 71.6 Å². The van der Waals surface area contributed by atoms with E-state index in [1.807, 2.05) is 0 Å². The van der Waals surface area contributed by atoms with Crippen LogP contribution in [0.1, 0.15) is 22.8 Å². The van der Waals surface area contributed by atoms with Crippen molar-refractivity contribution in [2.45, 2.75) is 18.2 Å². The van der Waals surface area contributed by atoms with Crippen LogP contribution in [0.25, 0.3) is 0 Å². The first-order valence-corrected chi connectivity index (χ1v) is 11.4. The third-order valence-electron chi connectivity index (χ3n) is 4.35. The van der Waals surface area contributed by atoms with Gasteiger partial charge in [0.15, 0.2) is 5.78 Å². The number of Topliss-reactive ketones (excluding diaryl/α,β-unsaturated/α-hetero) is 1. The minimum Gasteiger partial charge on any atom is -0.326 e. The van der Waals surface area contributed by atoms with Gasteiger partial charge in [-0.25, -0.2) is 8.42 Å². The maximum absolute atomic E-state index is 12.5. The van der Waals surface area contributed by atoms with E-state index >= 15 is 0 Å². The Kier molecular flexibility index (Phi) is 7.00. The smallest absolute Gasteiger partial charge is 0.261 e. The van der Waals surface area contributed by atoms with Crippen molar-refractivity contribution in [2.75, 3.05) is 10.0 Å². The summed E-state index contributed by atoms with van der Waals surface area (Å²) in [7, 11) is -3.84. The van der Waals surface area contributed by atoms with E-state index < -0.39 is 10.0 Å². The van der Waals surface area contributed by atoms with E-state index in [0.717, 1.165) is 0 Å². The Morgan fingerprint density at radius 3 is 2.03 bits per heavy atom. The molecule has 0 atom stereocenters. The van der Waals surface area contributed by atoms with Crippen LogP contribution in [0.4, 0.5) is 11.4 Å². The van der Waals surface area contributed by atoms with Crippen molar-refractivity contribution in [3.05, 3.63) is 87.9 Å². The first-order chi connectivity index (χ1) is 14.6. The summed E-state index contributed by atoms with van der Waals surface area (Å²) in [6, 6.07) is 17.1. The van der Waals surface area contributed by atoms with Crippen LogP contribution in [-0.2, 0) is 21.2 Å². The quantitative estimate of drug-likeness (QED) is 0.459. The van der Waals surface area contributed by atoms with E-state index in [1.165, 1.54) is 25.1 Å². The summed E-state index contributed by atoms with van der Waals surface area (Å²) >= 11 is 11.7. The lowest BCUT2D eigenvalue weighted by Crippen LogP contribution is -2.15. The average Bonchev–Trinajstić information content (AvgIpc) is 2.71. The van der Waals surface area contributed by atoms with Crippen molar-refractivity contribution in [3.8, 4) is 0 Å².